The lowest BCUT2D eigenvalue weighted by molar-refractivity contribution is -0.141. The first-order valence-corrected chi connectivity index (χ1v) is 12.6. The van der Waals surface area contributed by atoms with E-state index in [1.165, 1.54) is 0 Å². The van der Waals surface area contributed by atoms with Gasteiger partial charge in [-0.2, -0.15) is 0 Å². The SMILES string of the molecule is CC[C@@H](C(=O)NC(C)(C)C)N(Cc1ccc(Cl)c(Cl)c1)C(=O)CCSc1ccc(Cl)cc1. The number of amides is 2. The number of thioether (sulfide) groups is 1. The first-order chi connectivity index (χ1) is 15.0. The lowest BCUT2D eigenvalue weighted by atomic mass is 10.1. The highest BCUT2D eigenvalue weighted by Gasteiger charge is 2.30. The van der Waals surface area contributed by atoms with Gasteiger partial charge in [0.1, 0.15) is 6.04 Å². The maximum absolute atomic E-state index is 13.3. The van der Waals surface area contributed by atoms with Gasteiger partial charge in [-0.1, -0.05) is 47.8 Å². The third kappa shape index (κ3) is 8.51. The predicted molar refractivity (Wildman–Crippen MR) is 136 cm³/mol. The summed E-state index contributed by atoms with van der Waals surface area (Å²) in [7, 11) is 0. The highest BCUT2D eigenvalue weighted by atomic mass is 35.5. The minimum absolute atomic E-state index is 0.0894. The lowest BCUT2D eigenvalue weighted by Crippen LogP contribution is -2.53. The van der Waals surface area contributed by atoms with E-state index >= 15 is 0 Å². The Morgan fingerprint density at radius 1 is 1.03 bits per heavy atom. The Hall–Kier alpha value is -1.40. The van der Waals surface area contributed by atoms with Crippen LogP contribution in [0, 0.1) is 0 Å². The van der Waals surface area contributed by atoms with Crippen LogP contribution in [-0.2, 0) is 16.1 Å². The molecule has 174 valence electrons. The minimum atomic E-state index is -0.586. The van der Waals surface area contributed by atoms with Gasteiger partial charge in [0, 0.05) is 34.2 Å². The van der Waals surface area contributed by atoms with Gasteiger partial charge in [0.2, 0.25) is 11.8 Å². The molecule has 0 heterocycles. The highest BCUT2D eigenvalue weighted by Crippen LogP contribution is 2.25. The molecule has 0 unspecified atom stereocenters. The zero-order chi connectivity index (χ0) is 23.9. The van der Waals surface area contributed by atoms with E-state index in [1.54, 1.807) is 28.8 Å². The Balaban J connectivity index is 2.18. The molecule has 0 saturated carbocycles. The summed E-state index contributed by atoms with van der Waals surface area (Å²) in [5, 5.41) is 4.54. The second-order valence-electron chi connectivity index (χ2n) is 8.49. The molecular weight excluding hydrogens is 487 g/mol. The predicted octanol–water partition coefficient (Wildman–Crippen LogP) is 6.85. The molecule has 0 bridgehead atoms. The van der Waals surface area contributed by atoms with Crippen LogP contribution in [0.5, 0.6) is 0 Å². The average molecular weight is 516 g/mol. The van der Waals surface area contributed by atoms with Crippen LogP contribution in [0.15, 0.2) is 47.4 Å². The van der Waals surface area contributed by atoms with E-state index in [9.17, 15) is 9.59 Å². The van der Waals surface area contributed by atoms with E-state index in [-0.39, 0.29) is 18.4 Å². The zero-order valence-electron chi connectivity index (χ0n) is 18.8. The van der Waals surface area contributed by atoms with Crippen LogP contribution in [0.3, 0.4) is 0 Å². The van der Waals surface area contributed by atoms with E-state index in [4.69, 9.17) is 34.8 Å². The first-order valence-electron chi connectivity index (χ1n) is 10.4. The average Bonchev–Trinajstić information content (AvgIpc) is 2.70. The summed E-state index contributed by atoms with van der Waals surface area (Å²) in [5.41, 5.74) is 0.424. The second-order valence-corrected chi connectivity index (χ2v) is 10.9. The second kappa shape index (κ2) is 12.2. The van der Waals surface area contributed by atoms with Crippen molar-refractivity contribution in [3.05, 3.63) is 63.1 Å². The van der Waals surface area contributed by atoms with E-state index in [1.807, 2.05) is 58.0 Å². The van der Waals surface area contributed by atoms with Crippen molar-refractivity contribution < 1.29 is 9.59 Å². The molecule has 2 aromatic carbocycles. The molecule has 0 saturated heterocycles. The summed E-state index contributed by atoms with van der Waals surface area (Å²) >= 11 is 19.7. The van der Waals surface area contributed by atoms with Crippen LogP contribution in [0.4, 0.5) is 0 Å². The third-order valence-electron chi connectivity index (χ3n) is 4.62. The van der Waals surface area contributed by atoms with Crippen LogP contribution in [0.1, 0.15) is 46.1 Å². The Labute approximate surface area is 210 Å². The summed E-state index contributed by atoms with van der Waals surface area (Å²) in [6.07, 6.45) is 0.799. The number of halogens is 3. The van der Waals surface area contributed by atoms with Crippen LogP contribution in [0.25, 0.3) is 0 Å². The van der Waals surface area contributed by atoms with Crippen molar-refractivity contribution in [1.82, 2.24) is 10.2 Å². The summed E-state index contributed by atoms with van der Waals surface area (Å²) < 4.78 is 0. The zero-order valence-corrected chi connectivity index (χ0v) is 21.8. The van der Waals surface area contributed by atoms with Crippen molar-refractivity contribution in [2.24, 2.45) is 0 Å². The number of nitrogens with one attached hydrogen (secondary N) is 1. The van der Waals surface area contributed by atoms with E-state index in [0.29, 0.717) is 33.7 Å². The standard InChI is InChI=1S/C24H29Cl3N2O2S/c1-5-21(23(31)28-24(2,3)4)29(15-16-6-11-19(26)20(27)14-16)22(30)12-13-32-18-9-7-17(25)8-10-18/h6-11,14,21H,5,12-13,15H2,1-4H3,(H,28,31)/t21-/m0/s1. The molecule has 0 aromatic heterocycles. The molecular formula is C24H29Cl3N2O2S. The fraction of sp³-hybridized carbons (Fsp3) is 0.417. The van der Waals surface area contributed by atoms with Crippen LogP contribution in [-0.4, -0.2) is 34.0 Å². The summed E-state index contributed by atoms with van der Waals surface area (Å²) in [4.78, 5) is 29.0. The summed E-state index contributed by atoms with van der Waals surface area (Å²) in [6.45, 7) is 7.95. The maximum atomic E-state index is 13.3. The van der Waals surface area contributed by atoms with Gasteiger partial charge >= 0.3 is 0 Å². The van der Waals surface area contributed by atoms with Gasteiger partial charge in [0.15, 0.2) is 0 Å². The normalized spacial score (nSPS) is 12.3. The quantitative estimate of drug-likeness (QED) is 0.371. The summed E-state index contributed by atoms with van der Waals surface area (Å²) in [6, 6.07) is 12.2. The van der Waals surface area contributed by atoms with Crippen molar-refractivity contribution in [3.8, 4) is 0 Å². The number of carbonyl (C=O) groups is 2. The fourth-order valence-electron chi connectivity index (χ4n) is 3.14. The molecule has 0 aliphatic rings. The Morgan fingerprint density at radius 3 is 2.25 bits per heavy atom. The number of benzene rings is 2. The molecule has 0 fully saturated rings. The van der Waals surface area contributed by atoms with Gasteiger partial charge in [0.05, 0.1) is 10.0 Å². The van der Waals surface area contributed by atoms with Crippen LogP contribution in [0.2, 0.25) is 15.1 Å². The molecule has 8 heteroatoms. The van der Waals surface area contributed by atoms with Gasteiger partial charge < -0.3 is 10.2 Å². The molecule has 1 atom stereocenters. The van der Waals surface area contributed by atoms with Gasteiger partial charge in [-0.25, -0.2) is 0 Å². The molecule has 0 aliphatic heterocycles. The Morgan fingerprint density at radius 2 is 1.69 bits per heavy atom. The Bertz CT molecular complexity index is 930. The maximum Gasteiger partial charge on any atom is 0.243 e. The van der Waals surface area contributed by atoms with Crippen molar-refractivity contribution in [2.45, 2.75) is 63.6 Å². The third-order valence-corrected chi connectivity index (χ3v) is 6.62. The van der Waals surface area contributed by atoms with Gasteiger partial charge in [-0.3, -0.25) is 9.59 Å². The number of hydrogen-bond acceptors (Lipinski definition) is 3. The number of carbonyl (C=O) groups excluding carboxylic acids is 2. The molecule has 2 rings (SSSR count). The van der Waals surface area contributed by atoms with Crippen LogP contribution < -0.4 is 5.32 Å². The van der Waals surface area contributed by atoms with Gasteiger partial charge in [-0.05, 0) is 69.2 Å². The van der Waals surface area contributed by atoms with Crippen molar-refractivity contribution in [3.63, 3.8) is 0 Å². The topological polar surface area (TPSA) is 49.4 Å². The number of nitrogens with zero attached hydrogens (tertiary/aromatic N) is 1. The van der Waals surface area contributed by atoms with Gasteiger partial charge in [-0.15, -0.1) is 11.8 Å². The molecule has 2 amide bonds. The van der Waals surface area contributed by atoms with Crippen molar-refractivity contribution in [2.75, 3.05) is 5.75 Å². The molecule has 4 nitrogen and oxygen atoms in total. The van der Waals surface area contributed by atoms with Crippen molar-refractivity contribution >= 4 is 58.4 Å². The first kappa shape index (κ1) is 26.8. The van der Waals surface area contributed by atoms with E-state index in [2.05, 4.69) is 5.32 Å². The Kier molecular flexibility index (Phi) is 10.2. The molecule has 0 radical (unpaired) electrons. The van der Waals surface area contributed by atoms with Gasteiger partial charge in [0.25, 0.3) is 0 Å². The van der Waals surface area contributed by atoms with Crippen LogP contribution >= 0.6 is 46.6 Å². The molecule has 2 aromatic rings. The number of hydrogen-bond donors (Lipinski definition) is 1. The van der Waals surface area contributed by atoms with E-state index in [0.717, 1.165) is 10.5 Å². The smallest absolute Gasteiger partial charge is 0.243 e. The largest absolute Gasteiger partial charge is 0.350 e. The fourth-order valence-corrected chi connectivity index (χ4v) is 4.43. The molecule has 0 aliphatic carbocycles. The molecule has 32 heavy (non-hydrogen) atoms. The molecule has 1 N–H and O–H groups in total. The summed E-state index contributed by atoms with van der Waals surface area (Å²) in [5.74, 6) is 0.336. The number of rotatable bonds is 9. The highest BCUT2D eigenvalue weighted by molar-refractivity contribution is 7.99. The van der Waals surface area contributed by atoms with E-state index < -0.39 is 11.6 Å². The minimum Gasteiger partial charge on any atom is -0.350 e. The van der Waals surface area contributed by atoms with Crippen molar-refractivity contribution in [1.29, 1.82) is 0 Å². The lowest BCUT2D eigenvalue weighted by Gasteiger charge is -2.33. The monoisotopic (exact) mass is 514 g/mol. The molecule has 0 spiro atoms.